The van der Waals surface area contributed by atoms with E-state index >= 15 is 0 Å². The Morgan fingerprint density at radius 2 is 2.04 bits per heavy atom. The number of carbonyl (C=O) groups excluding carboxylic acids is 2. The van der Waals surface area contributed by atoms with Gasteiger partial charge in [0.05, 0.1) is 16.5 Å². The lowest BCUT2D eigenvalue weighted by atomic mass is 9.96. The van der Waals surface area contributed by atoms with Crippen molar-refractivity contribution in [1.82, 2.24) is 15.1 Å². The molecule has 0 bridgehead atoms. The Bertz CT molecular complexity index is 801. The molecule has 1 fully saturated rings. The van der Waals surface area contributed by atoms with E-state index in [0.29, 0.717) is 18.7 Å². The normalized spacial score (nSPS) is 21.0. The Morgan fingerprint density at radius 3 is 2.67 bits per heavy atom. The fourth-order valence-electron chi connectivity index (χ4n) is 3.58. The minimum Gasteiger partial charge on any atom is -0.503 e. The topological polar surface area (TPSA) is 116 Å². The predicted molar refractivity (Wildman–Crippen MR) is 97.2 cm³/mol. The average Bonchev–Trinajstić information content (AvgIpc) is 2.92. The van der Waals surface area contributed by atoms with Crippen LogP contribution in [-0.2, 0) is 9.59 Å². The first-order valence-corrected chi connectivity index (χ1v) is 8.82. The smallest absolute Gasteiger partial charge is 0.290 e. The molecule has 27 heavy (non-hydrogen) atoms. The first-order valence-electron chi connectivity index (χ1n) is 8.82. The molecule has 2 aliphatic heterocycles. The highest BCUT2D eigenvalue weighted by molar-refractivity contribution is 6.08. The maximum absolute atomic E-state index is 12.6. The van der Waals surface area contributed by atoms with Gasteiger partial charge in [-0.05, 0) is 12.5 Å². The van der Waals surface area contributed by atoms with Gasteiger partial charge in [-0.25, -0.2) is 0 Å². The molecule has 0 saturated carbocycles. The van der Waals surface area contributed by atoms with Gasteiger partial charge in [-0.2, -0.15) is 0 Å². The SMILES string of the molecule is CC(=O)C1=C(O)C(=O)N(CCN2CCNCC2)[C@H]1c1cccc([N+](=O)[O-])c1. The molecule has 1 amide bonds. The number of nitrogens with one attached hydrogen (secondary N) is 1. The molecule has 144 valence electrons. The summed E-state index contributed by atoms with van der Waals surface area (Å²) in [5, 5.41) is 24.6. The van der Waals surface area contributed by atoms with Crippen LogP contribution in [-0.4, -0.2) is 70.8 Å². The van der Waals surface area contributed by atoms with E-state index in [4.69, 9.17) is 0 Å². The number of benzene rings is 1. The summed E-state index contributed by atoms with van der Waals surface area (Å²) in [6, 6.07) is 5.02. The average molecular weight is 374 g/mol. The third kappa shape index (κ3) is 3.83. The molecule has 1 atom stereocenters. The number of ketones is 1. The van der Waals surface area contributed by atoms with Gasteiger partial charge in [0.15, 0.2) is 11.5 Å². The van der Waals surface area contributed by atoms with Gasteiger partial charge in [0, 0.05) is 51.4 Å². The lowest BCUT2D eigenvalue weighted by Crippen LogP contribution is -2.47. The van der Waals surface area contributed by atoms with E-state index in [1.165, 1.54) is 30.0 Å². The van der Waals surface area contributed by atoms with Crippen LogP contribution in [0.3, 0.4) is 0 Å². The van der Waals surface area contributed by atoms with Crippen molar-refractivity contribution in [3.05, 3.63) is 51.3 Å². The van der Waals surface area contributed by atoms with Crippen LogP contribution in [0.1, 0.15) is 18.5 Å². The zero-order chi connectivity index (χ0) is 19.6. The molecule has 3 rings (SSSR count). The first kappa shape index (κ1) is 19.0. The molecule has 9 heteroatoms. The Labute approximate surface area is 156 Å². The monoisotopic (exact) mass is 374 g/mol. The van der Waals surface area contributed by atoms with Gasteiger partial charge >= 0.3 is 0 Å². The second-order valence-electron chi connectivity index (χ2n) is 6.66. The number of non-ortho nitro benzene ring substituents is 1. The summed E-state index contributed by atoms with van der Waals surface area (Å²) < 4.78 is 0. The molecular formula is C18H22N4O5. The molecular weight excluding hydrogens is 352 g/mol. The molecule has 2 aliphatic rings. The molecule has 1 saturated heterocycles. The summed E-state index contributed by atoms with van der Waals surface area (Å²) in [5.74, 6) is -1.62. The summed E-state index contributed by atoms with van der Waals surface area (Å²) in [4.78, 5) is 38.9. The summed E-state index contributed by atoms with van der Waals surface area (Å²) in [6.45, 7) is 5.62. The number of carbonyl (C=O) groups is 2. The van der Waals surface area contributed by atoms with Crippen LogP contribution in [0, 0.1) is 10.1 Å². The van der Waals surface area contributed by atoms with Crippen molar-refractivity contribution in [2.24, 2.45) is 0 Å². The molecule has 9 nitrogen and oxygen atoms in total. The largest absolute Gasteiger partial charge is 0.503 e. The van der Waals surface area contributed by atoms with Crippen LogP contribution < -0.4 is 5.32 Å². The summed E-state index contributed by atoms with van der Waals surface area (Å²) in [5.41, 5.74) is 0.296. The number of nitro groups is 1. The van der Waals surface area contributed by atoms with Gasteiger partial charge in [-0.15, -0.1) is 0 Å². The van der Waals surface area contributed by atoms with Crippen molar-refractivity contribution in [1.29, 1.82) is 0 Å². The van der Waals surface area contributed by atoms with Crippen molar-refractivity contribution in [3.63, 3.8) is 0 Å². The number of amides is 1. The van der Waals surface area contributed by atoms with Crippen LogP contribution in [0.15, 0.2) is 35.6 Å². The molecule has 1 aromatic rings. The Kier molecular flexibility index (Phi) is 5.52. The zero-order valence-corrected chi connectivity index (χ0v) is 15.1. The van der Waals surface area contributed by atoms with Gasteiger partial charge in [0.1, 0.15) is 0 Å². The number of nitrogens with zero attached hydrogens (tertiary/aromatic N) is 3. The van der Waals surface area contributed by atoms with Crippen LogP contribution in [0.4, 0.5) is 5.69 Å². The molecule has 2 heterocycles. The highest BCUT2D eigenvalue weighted by atomic mass is 16.6. The van der Waals surface area contributed by atoms with Crippen molar-refractivity contribution in [3.8, 4) is 0 Å². The maximum atomic E-state index is 12.6. The second kappa shape index (κ2) is 7.85. The van der Waals surface area contributed by atoms with Crippen LogP contribution >= 0.6 is 0 Å². The summed E-state index contributed by atoms with van der Waals surface area (Å²) in [7, 11) is 0. The molecule has 0 spiro atoms. The summed E-state index contributed by atoms with van der Waals surface area (Å²) in [6.07, 6.45) is 0. The predicted octanol–water partition coefficient (Wildman–Crippen LogP) is 0.784. The molecule has 2 N–H and O–H groups in total. The van der Waals surface area contributed by atoms with Crippen LogP contribution in [0.5, 0.6) is 0 Å². The van der Waals surface area contributed by atoms with Crippen molar-refractivity contribution < 1.29 is 19.6 Å². The van der Waals surface area contributed by atoms with E-state index in [1.54, 1.807) is 6.07 Å². The van der Waals surface area contributed by atoms with E-state index in [-0.39, 0.29) is 11.3 Å². The van der Waals surface area contributed by atoms with Crippen LogP contribution in [0.2, 0.25) is 0 Å². The third-order valence-electron chi connectivity index (χ3n) is 4.95. The van der Waals surface area contributed by atoms with Gasteiger partial charge in [-0.1, -0.05) is 12.1 Å². The van der Waals surface area contributed by atoms with Crippen molar-refractivity contribution >= 4 is 17.4 Å². The fourth-order valence-corrected chi connectivity index (χ4v) is 3.58. The maximum Gasteiger partial charge on any atom is 0.290 e. The number of hydrogen-bond donors (Lipinski definition) is 2. The van der Waals surface area contributed by atoms with Crippen LogP contribution in [0.25, 0.3) is 0 Å². The second-order valence-corrected chi connectivity index (χ2v) is 6.66. The number of Topliss-reactive ketones (excluding diaryl/α,β-unsaturated/α-hetero) is 1. The van der Waals surface area contributed by atoms with Crippen molar-refractivity contribution in [2.75, 3.05) is 39.3 Å². The standard InChI is InChI=1S/C18H22N4O5/c1-12(23)15-16(13-3-2-4-14(11-13)22(26)27)21(18(25)17(15)24)10-9-20-7-5-19-6-8-20/h2-4,11,16,19,24H,5-10H2,1H3/t16-/m0/s1. The Balaban J connectivity index is 1.91. The zero-order valence-electron chi connectivity index (χ0n) is 15.1. The highest BCUT2D eigenvalue weighted by Crippen LogP contribution is 2.38. The van der Waals surface area contributed by atoms with E-state index in [0.717, 1.165) is 26.2 Å². The van der Waals surface area contributed by atoms with E-state index in [2.05, 4.69) is 10.2 Å². The third-order valence-corrected chi connectivity index (χ3v) is 4.95. The number of rotatable bonds is 6. The van der Waals surface area contributed by atoms with E-state index < -0.39 is 28.4 Å². The minimum atomic E-state index is -0.821. The lowest BCUT2D eigenvalue weighted by molar-refractivity contribution is -0.384. The molecule has 0 aromatic heterocycles. The van der Waals surface area contributed by atoms with E-state index in [1.807, 2.05) is 0 Å². The Morgan fingerprint density at radius 1 is 1.33 bits per heavy atom. The number of piperazine rings is 1. The van der Waals surface area contributed by atoms with Gasteiger partial charge < -0.3 is 15.3 Å². The molecule has 0 aliphatic carbocycles. The van der Waals surface area contributed by atoms with Gasteiger partial charge in [-0.3, -0.25) is 24.6 Å². The number of aliphatic hydroxyl groups is 1. The minimum absolute atomic E-state index is 0.0131. The first-order chi connectivity index (χ1) is 12.9. The van der Waals surface area contributed by atoms with Gasteiger partial charge in [0.2, 0.25) is 0 Å². The highest BCUT2D eigenvalue weighted by Gasteiger charge is 2.42. The number of aliphatic hydroxyl groups excluding tert-OH is 1. The van der Waals surface area contributed by atoms with Crippen molar-refractivity contribution in [2.45, 2.75) is 13.0 Å². The summed E-state index contributed by atoms with van der Waals surface area (Å²) >= 11 is 0. The quantitative estimate of drug-likeness (QED) is 0.558. The fraction of sp³-hybridized carbons (Fsp3) is 0.444. The molecule has 1 aromatic carbocycles. The lowest BCUT2D eigenvalue weighted by Gasteiger charge is -2.31. The van der Waals surface area contributed by atoms with E-state index in [9.17, 15) is 24.8 Å². The number of nitro benzene ring substituents is 1. The van der Waals surface area contributed by atoms with Gasteiger partial charge in [0.25, 0.3) is 11.6 Å². The molecule has 0 unspecified atom stereocenters. The number of hydrogen-bond acceptors (Lipinski definition) is 7. The Hall–Kier alpha value is -2.78. The molecule has 0 radical (unpaired) electrons.